The minimum absolute atomic E-state index is 0.493. The van der Waals surface area contributed by atoms with Crippen molar-refractivity contribution in [1.82, 2.24) is 0 Å². The predicted octanol–water partition coefficient (Wildman–Crippen LogP) is 1.36. The Bertz CT molecular complexity index is 322. The second kappa shape index (κ2) is 6.31. The van der Waals surface area contributed by atoms with Gasteiger partial charge in [0.1, 0.15) is 6.04 Å². The molecule has 0 aliphatic rings. The number of carboxylic acids is 1. The molecule has 1 heterocycles. The number of nitrogens with zero attached hydrogens (tertiary/aromatic N) is 1. The summed E-state index contributed by atoms with van der Waals surface area (Å²) in [6.07, 6.45) is 2.77. The van der Waals surface area contributed by atoms with Gasteiger partial charge in [-0.25, -0.2) is 4.79 Å². The normalized spacial score (nSPS) is 13.1. The molecule has 1 rings (SSSR count). The monoisotopic (exact) mass is 226 g/mol. The summed E-state index contributed by atoms with van der Waals surface area (Å²) >= 11 is 1.56. The molecule has 0 radical (unpaired) electrons. The highest BCUT2D eigenvalue weighted by Gasteiger charge is 2.13. The SMILES string of the molecule is NCCCC(N=Cc1ccsc1)C(=O)O. The zero-order valence-electron chi connectivity index (χ0n) is 8.30. The summed E-state index contributed by atoms with van der Waals surface area (Å²) in [5.74, 6) is -0.894. The van der Waals surface area contributed by atoms with E-state index in [4.69, 9.17) is 10.8 Å². The van der Waals surface area contributed by atoms with Crippen molar-refractivity contribution >= 4 is 23.5 Å². The number of nitrogens with two attached hydrogens (primary N) is 1. The van der Waals surface area contributed by atoms with Crippen molar-refractivity contribution in [3.05, 3.63) is 22.4 Å². The van der Waals surface area contributed by atoms with Crippen LogP contribution in [0.15, 0.2) is 21.8 Å². The van der Waals surface area contributed by atoms with Gasteiger partial charge in [-0.2, -0.15) is 11.3 Å². The number of carbonyl (C=O) groups is 1. The molecule has 0 aliphatic heterocycles. The van der Waals surface area contributed by atoms with Crippen LogP contribution in [0.1, 0.15) is 18.4 Å². The molecule has 4 nitrogen and oxygen atoms in total. The molecule has 1 aromatic heterocycles. The Hall–Kier alpha value is -1.20. The van der Waals surface area contributed by atoms with Gasteiger partial charge in [-0.3, -0.25) is 4.99 Å². The summed E-state index contributed by atoms with van der Waals surface area (Å²) in [4.78, 5) is 14.8. The third-order valence-corrected chi connectivity index (χ3v) is 2.61. The van der Waals surface area contributed by atoms with Crippen LogP contribution in [0.3, 0.4) is 0 Å². The maximum Gasteiger partial charge on any atom is 0.328 e. The van der Waals surface area contributed by atoms with E-state index in [0.717, 1.165) is 5.56 Å². The molecule has 1 aromatic rings. The van der Waals surface area contributed by atoms with Gasteiger partial charge in [0.25, 0.3) is 0 Å². The van der Waals surface area contributed by atoms with E-state index in [1.807, 2.05) is 16.8 Å². The van der Waals surface area contributed by atoms with Gasteiger partial charge in [-0.05, 0) is 36.2 Å². The van der Waals surface area contributed by atoms with Crippen LogP contribution in [0.4, 0.5) is 0 Å². The first-order valence-electron chi connectivity index (χ1n) is 4.72. The van der Waals surface area contributed by atoms with Gasteiger partial charge in [-0.1, -0.05) is 0 Å². The second-order valence-corrected chi connectivity index (χ2v) is 3.90. The first-order valence-corrected chi connectivity index (χ1v) is 5.66. The van der Waals surface area contributed by atoms with Crippen molar-refractivity contribution in [3.63, 3.8) is 0 Å². The highest BCUT2D eigenvalue weighted by atomic mass is 32.1. The first kappa shape index (κ1) is 11.9. The third kappa shape index (κ3) is 4.22. The van der Waals surface area contributed by atoms with Crippen molar-refractivity contribution in [2.45, 2.75) is 18.9 Å². The van der Waals surface area contributed by atoms with E-state index in [1.165, 1.54) is 0 Å². The van der Waals surface area contributed by atoms with E-state index in [2.05, 4.69) is 4.99 Å². The van der Waals surface area contributed by atoms with Crippen LogP contribution in [0.5, 0.6) is 0 Å². The van der Waals surface area contributed by atoms with Crippen LogP contribution in [-0.4, -0.2) is 29.9 Å². The second-order valence-electron chi connectivity index (χ2n) is 3.12. The highest BCUT2D eigenvalue weighted by Crippen LogP contribution is 2.06. The molecule has 5 heteroatoms. The van der Waals surface area contributed by atoms with Gasteiger partial charge in [0.2, 0.25) is 0 Å². The van der Waals surface area contributed by atoms with Crippen molar-refractivity contribution in [1.29, 1.82) is 0 Å². The number of thiophene rings is 1. The molecule has 0 saturated heterocycles. The smallest absolute Gasteiger partial charge is 0.328 e. The maximum absolute atomic E-state index is 10.8. The average molecular weight is 226 g/mol. The quantitative estimate of drug-likeness (QED) is 0.719. The fourth-order valence-corrected chi connectivity index (χ4v) is 1.71. The van der Waals surface area contributed by atoms with Crippen molar-refractivity contribution < 1.29 is 9.90 Å². The lowest BCUT2D eigenvalue weighted by Crippen LogP contribution is -2.19. The van der Waals surface area contributed by atoms with Gasteiger partial charge < -0.3 is 10.8 Å². The summed E-state index contributed by atoms with van der Waals surface area (Å²) < 4.78 is 0. The van der Waals surface area contributed by atoms with E-state index < -0.39 is 12.0 Å². The van der Waals surface area contributed by atoms with Crippen molar-refractivity contribution in [2.24, 2.45) is 10.7 Å². The standard InChI is InChI=1S/C10H14N2O2S/c11-4-1-2-9(10(13)14)12-6-8-3-5-15-7-8/h3,5-7,9H,1-2,4,11H2,(H,13,14). The molecule has 1 unspecified atom stereocenters. The van der Waals surface area contributed by atoms with Crippen LogP contribution >= 0.6 is 11.3 Å². The summed E-state index contributed by atoms with van der Waals surface area (Å²) in [5.41, 5.74) is 6.27. The number of hydrogen-bond acceptors (Lipinski definition) is 4. The van der Waals surface area contributed by atoms with Gasteiger partial charge in [-0.15, -0.1) is 0 Å². The molecule has 0 saturated carbocycles. The van der Waals surface area contributed by atoms with Crippen LogP contribution in [0.25, 0.3) is 0 Å². The van der Waals surface area contributed by atoms with E-state index >= 15 is 0 Å². The van der Waals surface area contributed by atoms with E-state index in [0.29, 0.717) is 19.4 Å². The lowest BCUT2D eigenvalue weighted by atomic mass is 10.1. The van der Waals surface area contributed by atoms with Gasteiger partial charge in [0.05, 0.1) is 0 Å². The molecule has 0 fully saturated rings. The molecule has 0 aromatic carbocycles. The molecule has 0 spiro atoms. The largest absolute Gasteiger partial charge is 0.480 e. The molecule has 0 amide bonds. The molecule has 15 heavy (non-hydrogen) atoms. The maximum atomic E-state index is 10.8. The van der Waals surface area contributed by atoms with Gasteiger partial charge in [0, 0.05) is 11.8 Å². The molecular weight excluding hydrogens is 212 g/mol. The number of hydrogen-bond donors (Lipinski definition) is 2. The molecule has 82 valence electrons. The minimum atomic E-state index is -0.894. The van der Waals surface area contributed by atoms with E-state index in [1.54, 1.807) is 17.6 Å². The van der Waals surface area contributed by atoms with Crippen LogP contribution in [-0.2, 0) is 4.79 Å². The summed E-state index contributed by atoms with van der Waals surface area (Å²) in [7, 11) is 0. The fraction of sp³-hybridized carbons (Fsp3) is 0.400. The number of aliphatic imine (C=N–C) groups is 1. The Morgan fingerprint density at radius 3 is 3.07 bits per heavy atom. The molecule has 3 N–H and O–H groups in total. The Morgan fingerprint density at radius 2 is 2.53 bits per heavy atom. The van der Waals surface area contributed by atoms with E-state index in [9.17, 15) is 4.79 Å². The van der Waals surface area contributed by atoms with Gasteiger partial charge >= 0.3 is 5.97 Å². The number of rotatable bonds is 6. The summed E-state index contributed by atoms with van der Waals surface area (Å²) in [6.45, 7) is 0.498. The lowest BCUT2D eigenvalue weighted by molar-refractivity contribution is -0.138. The summed E-state index contributed by atoms with van der Waals surface area (Å²) in [5, 5.41) is 12.7. The van der Waals surface area contributed by atoms with Crippen LogP contribution < -0.4 is 5.73 Å². The summed E-state index contributed by atoms with van der Waals surface area (Å²) in [6, 6.07) is 1.23. The number of carboxylic acid groups (broad SMARTS) is 1. The highest BCUT2D eigenvalue weighted by molar-refractivity contribution is 7.08. The van der Waals surface area contributed by atoms with Crippen molar-refractivity contribution in [2.75, 3.05) is 6.54 Å². The van der Waals surface area contributed by atoms with E-state index in [-0.39, 0.29) is 0 Å². The topological polar surface area (TPSA) is 75.7 Å². The minimum Gasteiger partial charge on any atom is -0.480 e. The Balaban J connectivity index is 2.54. The van der Waals surface area contributed by atoms with Gasteiger partial charge in [0.15, 0.2) is 0 Å². The Labute approximate surface area is 92.5 Å². The Morgan fingerprint density at radius 1 is 1.73 bits per heavy atom. The average Bonchev–Trinajstić information content (AvgIpc) is 2.70. The zero-order valence-corrected chi connectivity index (χ0v) is 9.11. The number of aliphatic carboxylic acids is 1. The van der Waals surface area contributed by atoms with Crippen LogP contribution in [0.2, 0.25) is 0 Å². The Kier molecular flexibility index (Phi) is 5.00. The van der Waals surface area contributed by atoms with Crippen molar-refractivity contribution in [3.8, 4) is 0 Å². The fourth-order valence-electron chi connectivity index (χ4n) is 1.10. The molecule has 0 bridgehead atoms. The lowest BCUT2D eigenvalue weighted by Gasteiger charge is -2.05. The molecular formula is C10H14N2O2S. The zero-order chi connectivity index (χ0) is 11.1. The third-order valence-electron chi connectivity index (χ3n) is 1.91. The van der Waals surface area contributed by atoms with Crippen LogP contribution in [0, 0.1) is 0 Å². The predicted molar refractivity (Wildman–Crippen MR) is 61.6 cm³/mol. The first-order chi connectivity index (χ1) is 7.24. The molecule has 0 aliphatic carbocycles. The molecule has 1 atom stereocenters.